The van der Waals surface area contributed by atoms with Gasteiger partial charge in [-0.3, -0.25) is 14.4 Å². The number of hydrogen-bond donors (Lipinski definition) is 2. The van der Waals surface area contributed by atoms with E-state index in [0.29, 0.717) is 18.4 Å². The highest BCUT2D eigenvalue weighted by atomic mass is 16.7. The fraction of sp³-hybridized carbons (Fsp3) is 0.545. The molecule has 0 aliphatic rings. The minimum atomic E-state index is -1.34. The molecule has 0 saturated carbocycles. The summed E-state index contributed by atoms with van der Waals surface area (Å²) in [5, 5.41) is 9.46. The van der Waals surface area contributed by atoms with Gasteiger partial charge in [0.25, 0.3) is 0 Å². The molecule has 0 saturated heterocycles. The van der Waals surface area contributed by atoms with Gasteiger partial charge in [0, 0.05) is 18.8 Å². The lowest BCUT2D eigenvalue weighted by atomic mass is 9.87. The monoisotopic (exact) mass is 453 g/mol. The Kier molecular flexibility index (Phi) is 11.2. The van der Waals surface area contributed by atoms with E-state index in [2.05, 4.69) is 4.74 Å². The van der Waals surface area contributed by atoms with Crippen LogP contribution in [0.3, 0.4) is 0 Å². The lowest BCUT2D eigenvalue weighted by molar-refractivity contribution is -0.139. The van der Waals surface area contributed by atoms with Gasteiger partial charge < -0.3 is 29.8 Å². The molecule has 10 nitrogen and oxygen atoms in total. The van der Waals surface area contributed by atoms with Gasteiger partial charge in [-0.05, 0) is 43.9 Å². The average Bonchev–Trinajstić information content (AvgIpc) is 2.73. The first-order valence-electron chi connectivity index (χ1n) is 10.4. The summed E-state index contributed by atoms with van der Waals surface area (Å²) >= 11 is 0. The van der Waals surface area contributed by atoms with Gasteiger partial charge in [0.2, 0.25) is 0 Å². The highest BCUT2D eigenvalue weighted by Crippen LogP contribution is 2.35. The van der Waals surface area contributed by atoms with E-state index < -0.39 is 42.1 Å². The molecule has 0 aromatic heterocycles. The van der Waals surface area contributed by atoms with Gasteiger partial charge >= 0.3 is 24.1 Å². The Morgan fingerprint density at radius 1 is 1.00 bits per heavy atom. The highest BCUT2D eigenvalue weighted by Gasteiger charge is 2.30. The second kappa shape index (κ2) is 13.3. The summed E-state index contributed by atoms with van der Waals surface area (Å²) in [6.07, 6.45) is -0.111. The van der Waals surface area contributed by atoms with Crippen LogP contribution in [-0.2, 0) is 23.9 Å². The van der Waals surface area contributed by atoms with Crippen molar-refractivity contribution in [3.05, 3.63) is 23.8 Å². The molecule has 0 aliphatic heterocycles. The van der Waals surface area contributed by atoms with E-state index >= 15 is 0 Å². The van der Waals surface area contributed by atoms with Crippen LogP contribution in [0.5, 0.6) is 11.5 Å². The van der Waals surface area contributed by atoms with Gasteiger partial charge in [0.05, 0.1) is 7.11 Å². The molecule has 1 aromatic carbocycles. The zero-order valence-corrected chi connectivity index (χ0v) is 18.8. The largest absolute Gasteiger partial charge is 0.508 e. The Labute approximate surface area is 187 Å². The Balaban J connectivity index is 3.31. The summed E-state index contributed by atoms with van der Waals surface area (Å²) in [5.74, 6) is -3.07. The van der Waals surface area contributed by atoms with Crippen molar-refractivity contribution < 1.29 is 43.2 Å². The van der Waals surface area contributed by atoms with Crippen LogP contribution in [0.1, 0.15) is 64.4 Å². The molecule has 0 fully saturated rings. The van der Waals surface area contributed by atoms with E-state index in [0.717, 1.165) is 7.11 Å². The number of carboxylic acid groups (broad SMARTS) is 1. The molecular formula is C22H31NO9. The Morgan fingerprint density at radius 2 is 1.56 bits per heavy atom. The molecule has 0 amide bonds. The maximum atomic E-state index is 12.1. The van der Waals surface area contributed by atoms with E-state index in [1.165, 1.54) is 18.2 Å². The van der Waals surface area contributed by atoms with E-state index in [-0.39, 0.29) is 30.8 Å². The number of carbonyl (C=O) groups is 4. The molecule has 0 aliphatic carbocycles. The Morgan fingerprint density at radius 3 is 2.06 bits per heavy atom. The summed E-state index contributed by atoms with van der Waals surface area (Å²) < 4.78 is 20.2. The number of aliphatic carboxylic acids is 1. The summed E-state index contributed by atoms with van der Waals surface area (Å²) in [5.41, 5.74) is 6.31. The topological polar surface area (TPSA) is 151 Å². The van der Waals surface area contributed by atoms with Crippen LogP contribution >= 0.6 is 0 Å². The number of ether oxygens (including phenoxy) is 4. The van der Waals surface area contributed by atoms with Gasteiger partial charge in [0.15, 0.2) is 11.5 Å². The third kappa shape index (κ3) is 8.54. The van der Waals surface area contributed by atoms with Crippen molar-refractivity contribution in [2.45, 2.75) is 70.9 Å². The van der Waals surface area contributed by atoms with Crippen molar-refractivity contribution >= 4 is 24.1 Å². The van der Waals surface area contributed by atoms with E-state index in [9.17, 15) is 24.3 Å². The van der Waals surface area contributed by atoms with Gasteiger partial charge in [0.1, 0.15) is 12.1 Å². The van der Waals surface area contributed by atoms with Crippen LogP contribution in [0, 0.1) is 0 Å². The minimum absolute atomic E-state index is 0.0190. The molecule has 1 rings (SSSR count). The molecule has 3 N–H and O–H groups in total. The van der Waals surface area contributed by atoms with Crippen molar-refractivity contribution in [3.8, 4) is 11.5 Å². The summed E-state index contributed by atoms with van der Waals surface area (Å²) in [6, 6.07) is 3.03. The Hall–Kier alpha value is -3.14. The smallest absolute Gasteiger partial charge is 0.480 e. The molecule has 32 heavy (non-hydrogen) atoms. The fourth-order valence-electron chi connectivity index (χ4n) is 2.96. The first-order valence-corrected chi connectivity index (χ1v) is 10.4. The van der Waals surface area contributed by atoms with Gasteiger partial charge in [-0.1, -0.05) is 19.9 Å². The van der Waals surface area contributed by atoms with Crippen LogP contribution in [-0.4, -0.2) is 48.4 Å². The number of methoxy groups -OCH3 is 1. The van der Waals surface area contributed by atoms with Crippen LogP contribution in [0.2, 0.25) is 0 Å². The standard InChI is InChI=1S/C22H31NO9/c1-5-7-18(24)31-16-10-9-14(12-17(16)32-19(25)8-6-2)15(20(23)21(26)27)11-13(3)30-22(28)29-4/h9-10,12-13,15,20H,5-8,11,23H2,1-4H3,(H,26,27)/t13?,15?,20-/m0/s1. The normalized spacial score (nSPS) is 13.4. The summed E-state index contributed by atoms with van der Waals surface area (Å²) in [7, 11) is 1.16. The van der Waals surface area contributed by atoms with Crippen molar-refractivity contribution in [2.24, 2.45) is 5.73 Å². The lowest BCUT2D eigenvalue weighted by Gasteiger charge is -2.25. The quantitative estimate of drug-likeness (QED) is 0.356. The van der Waals surface area contributed by atoms with E-state index in [4.69, 9.17) is 19.9 Å². The van der Waals surface area contributed by atoms with Crippen molar-refractivity contribution in [1.29, 1.82) is 0 Å². The summed E-state index contributed by atoms with van der Waals surface area (Å²) in [4.78, 5) is 47.0. The predicted octanol–water partition coefficient (Wildman–Crippen LogP) is 3.15. The zero-order valence-electron chi connectivity index (χ0n) is 18.8. The molecule has 0 heterocycles. The Bertz CT molecular complexity index is 809. The number of rotatable bonds is 12. The van der Waals surface area contributed by atoms with Gasteiger partial charge in [-0.15, -0.1) is 0 Å². The molecular weight excluding hydrogens is 422 g/mol. The van der Waals surface area contributed by atoms with Crippen LogP contribution in [0.25, 0.3) is 0 Å². The van der Waals surface area contributed by atoms with Crippen LogP contribution in [0.15, 0.2) is 18.2 Å². The van der Waals surface area contributed by atoms with Crippen molar-refractivity contribution in [1.82, 2.24) is 0 Å². The maximum Gasteiger partial charge on any atom is 0.508 e. The van der Waals surface area contributed by atoms with Crippen molar-refractivity contribution in [2.75, 3.05) is 7.11 Å². The average molecular weight is 453 g/mol. The maximum absolute atomic E-state index is 12.1. The third-order valence-corrected chi connectivity index (χ3v) is 4.52. The fourth-order valence-corrected chi connectivity index (χ4v) is 2.96. The molecule has 0 spiro atoms. The highest BCUT2D eigenvalue weighted by molar-refractivity contribution is 5.77. The third-order valence-electron chi connectivity index (χ3n) is 4.52. The summed E-state index contributed by atoms with van der Waals surface area (Å²) in [6.45, 7) is 5.20. The first kappa shape index (κ1) is 26.9. The second-order valence-electron chi connectivity index (χ2n) is 7.24. The molecule has 1 aromatic rings. The van der Waals surface area contributed by atoms with Gasteiger partial charge in [-0.25, -0.2) is 4.79 Å². The number of hydrogen-bond acceptors (Lipinski definition) is 9. The predicted molar refractivity (Wildman–Crippen MR) is 113 cm³/mol. The van der Waals surface area contributed by atoms with E-state index in [1.807, 2.05) is 13.8 Å². The molecule has 0 radical (unpaired) electrons. The number of carboxylic acids is 1. The molecule has 0 bridgehead atoms. The van der Waals surface area contributed by atoms with Crippen LogP contribution in [0.4, 0.5) is 4.79 Å². The molecule has 3 atom stereocenters. The minimum Gasteiger partial charge on any atom is -0.480 e. The lowest BCUT2D eigenvalue weighted by Crippen LogP contribution is -2.38. The van der Waals surface area contributed by atoms with Crippen molar-refractivity contribution in [3.63, 3.8) is 0 Å². The number of benzene rings is 1. The number of esters is 2. The number of carbonyl (C=O) groups excluding carboxylic acids is 3. The first-order chi connectivity index (χ1) is 15.1. The molecule has 10 heteroatoms. The van der Waals surface area contributed by atoms with E-state index in [1.54, 1.807) is 6.92 Å². The molecule has 2 unspecified atom stereocenters. The molecule has 178 valence electrons. The zero-order chi connectivity index (χ0) is 24.3. The number of nitrogens with two attached hydrogens (primary N) is 1. The van der Waals surface area contributed by atoms with Crippen LogP contribution < -0.4 is 15.2 Å². The van der Waals surface area contributed by atoms with Gasteiger partial charge in [-0.2, -0.15) is 0 Å². The SMILES string of the molecule is CCCC(=O)Oc1ccc(C(CC(C)OC(=O)OC)[C@H](N)C(=O)O)cc1OC(=O)CCC. The second-order valence-corrected chi connectivity index (χ2v) is 7.24.